The Morgan fingerprint density at radius 2 is 1.25 bits per heavy atom. The number of rotatable bonds is 10. The molecule has 0 aliphatic heterocycles. The summed E-state index contributed by atoms with van der Waals surface area (Å²) in [5.74, 6) is 0. The molecule has 0 radical (unpaired) electrons. The van der Waals surface area contributed by atoms with Crippen molar-refractivity contribution in [3.8, 4) is 6.57 Å². The zero-order valence-corrected chi connectivity index (χ0v) is 17.4. The number of unbranched alkanes of at least 4 members (excludes halogenated alkanes) is 3. The van der Waals surface area contributed by atoms with Crippen molar-refractivity contribution in [3.63, 3.8) is 0 Å². The van der Waals surface area contributed by atoms with Gasteiger partial charge in [0, 0.05) is 12.0 Å². The molecule has 2 N–H and O–H groups in total. The Balaban J connectivity index is 0.000000391. The molecule has 0 amide bonds. The van der Waals surface area contributed by atoms with Gasteiger partial charge >= 0.3 is 0 Å². The average molecular weight is 383 g/mol. The summed E-state index contributed by atoms with van der Waals surface area (Å²) in [5.41, 5.74) is 2.23. The van der Waals surface area contributed by atoms with Gasteiger partial charge in [0.2, 0.25) is 0 Å². The minimum atomic E-state index is 0.529. The number of hydrogen-bond acceptors (Lipinski definition) is 3. The van der Waals surface area contributed by atoms with E-state index in [4.69, 9.17) is 6.57 Å². The second-order valence-electron chi connectivity index (χ2n) is 6.30. The lowest BCUT2D eigenvalue weighted by Gasteiger charge is -1.99. The van der Waals surface area contributed by atoms with Crippen molar-refractivity contribution < 1.29 is 4.79 Å². The van der Waals surface area contributed by atoms with E-state index in [1.165, 1.54) is 38.8 Å². The summed E-state index contributed by atoms with van der Waals surface area (Å²) < 4.78 is 0. The molecule has 0 saturated heterocycles. The summed E-state index contributed by atoms with van der Waals surface area (Å²) in [6, 6.07) is 19.6. The van der Waals surface area contributed by atoms with Crippen LogP contribution in [0.5, 0.6) is 0 Å². The number of nitrogens with one attached hydrogen (secondary N) is 2. The molecule has 0 aromatic heterocycles. The molecule has 152 valence electrons. The first kappa shape index (κ1) is 25.5. The van der Waals surface area contributed by atoms with Gasteiger partial charge in [0.15, 0.2) is 0 Å². The number of carbonyl (C=O) groups excluding carboxylic acids is 1. The molecule has 0 heterocycles. The summed E-state index contributed by atoms with van der Waals surface area (Å²) in [7, 11) is 4.02. The maximum absolute atomic E-state index is 9.97. The third kappa shape index (κ3) is 17.0. The van der Waals surface area contributed by atoms with Crippen LogP contribution in [0.25, 0.3) is 4.85 Å². The van der Waals surface area contributed by atoms with E-state index >= 15 is 0 Å². The lowest BCUT2D eigenvalue weighted by Crippen LogP contribution is -2.09. The van der Waals surface area contributed by atoms with Crippen LogP contribution in [-0.4, -0.2) is 33.5 Å². The molecule has 2 aromatic rings. The number of hydrogen-bond donors (Lipinski definition) is 2. The second-order valence-corrected chi connectivity index (χ2v) is 6.30. The van der Waals surface area contributed by atoms with Crippen molar-refractivity contribution in [2.75, 3.05) is 27.2 Å². The summed E-state index contributed by atoms with van der Waals surface area (Å²) in [6.45, 7) is 7.93. The first-order valence-electron chi connectivity index (χ1n) is 9.95. The number of nitrogens with zero attached hydrogens (tertiary/aromatic N) is 1. The van der Waals surface area contributed by atoms with Gasteiger partial charge in [-0.15, -0.1) is 0 Å². The Morgan fingerprint density at radius 3 is 1.64 bits per heavy atom. The summed E-state index contributed by atoms with van der Waals surface area (Å²) in [4.78, 5) is 13.5. The molecule has 0 saturated carbocycles. The number of benzene rings is 2. The molecule has 0 atom stereocenters. The van der Waals surface area contributed by atoms with Gasteiger partial charge in [0.25, 0.3) is 13.1 Å². The SMILES string of the molecule is C#[N+]Cc1ccccc1.CNCCCCCCNC.O=CCc1ccccc1. The van der Waals surface area contributed by atoms with Gasteiger partial charge in [0.05, 0.1) is 0 Å². The molecule has 0 spiro atoms. The van der Waals surface area contributed by atoms with E-state index < -0.39 is 0 Å². The largest absolute Gasteiger partial charge is 0.320 e. The molecular formula is C24H36N3O+. The standard InChI is InChI=1S/C8H20N2.C8H8N.C8H8O/c1-9-7-5-3-4-6-8-10-2;1-9-7-8-5-3-2-4-6-8;9-7-6-8-4-2-1-3-5-8/h9-10H,3-8H2,1-2H3;1-6H,7H2;1-5,7H,6H2/q;+1;. The van der Waals surface area contributed by atoms with Gasteiger partial charge in [-0.1, -0.05) is 78.4 Å². The Hall–Kier alpha value is -2.48. The van der Waals surface area contributed by atoms with E-state index in [9.17, 15) is 4.79 Å². The van der Waals surface area contributed by atoms with Crippen molar-refractivity contribution >= 4 is 6.29 Å². The number of carbonyl (C=O) groups is 1. The highest BCUT2D eigenvalue weighted by Crippen LogP contribution is 1.99. The van der Waals surface area contributed by atoms with Crippen molar-refractivity contribution in [3.05, 3.63) is 76.6 Å². The molecule has 0 fully saturated rings. The lowest BCUT2D eigenvalue weighted by atomic mass is 10.2. The highest BCUT2D eigenvalue weighted by molar-refractivity contribution is 5.54. The fourth-order valence-corrected chi connectivity index (χ4v) is 2.36. The van der Waals surface area contributed by atoms with Gasteiger partial charge in [0.1, 0.15) is 6.29 Å². The smallest absolute Gasteiger partial charge is 0.288 e. The molecule has 0 aliphatic carbocycles. The van der Waals surface area contributed by atoms with Crippen molar-refractivity contribution in [2.24, 2.45) is 0 Å². The van der Waals surface area contributed by atoms with Crippen LogP contribution in [-0.2, 0) is 17.8 Å². The maximum Gasteiger partial charge on any atom is 0.288 e. The van der Waals surface area contributed by atoms with Crippen molar-refractivity contribution in [1.82, 2.24) is 10.6 Å². The first-order chi connectivity index (χ1) is 13.8. The van der Waals surface area contributed by atoms with E-state index in [1.807, 2.05) is 74.8 Å². The fraction of sp³-hybridized carbons (Fsp3) is 0.417. The molecule has 28 heavy (non-hydrogen) atoms. The normalized spacial score (nSPS) is 9.18. The molecule has 2 rings (SSSR count). The van der Waals surface area contributed by atoms with E-state index in [0.29, 0.717) is 13.0 Å². The topological polar surface area (TPSA) is 45.5 Å². The summed E-state index contributed by atoms with van der Waals surface area (Å²) >= 11 is 0. The van der Waals surface area contributed by atoms with E-state index in [2.05, 4.69) is 15.5 Å². The molecule has 4 heteroatoms. The van der Waals surface area contributed by atoms with Crippen LogP contribution in [0.4, 0.5) is 0 Å². The Kier molecular flexibility index (Phi) is 19.0. The van der Waals surface area contributed by atoms with Crippen LogP contribution in [0.2, 0.25) is 0 Å². The van der Waals surface area contributed by atoms with Crippen LogP contribution in [0.1, 0.15) is 36.8 Å². The zero-order valence-electron chi connectivity index (χ0n) is 17.4. The van der Waals surface area contributed by atoms with Crippen molar-refractivity contribution in [1.29, 1.82) is 0 Å². The van der Waals surface area contributed by atoms with Gasteiger partial charge in [-0.05, 0) is 45.6 Å². The summed E-state index contributed by atoms with van der Waals surface area (Å²) in [6.07, 6.45) is 6.81. The van der Waals surface area contributed by atoms with Crippen LogP contribution in [0.3, 0.4) is 0 Å². The maximum atomic E-state index is 9.97. The number of aldehydes is 1. The predicted molar refractivity (Wildman–Crippen MR) is 121 cm³/mol. The van der Waals surface area contributed by atoms with E-state index in [0.717, 1.165) is 17.4 Å². The molecule has 2 aromatic carbocycles. The lowest BCUT2D eigenvalue weighted by molar-refractivity contribution is -0.107. The highest BCUT2D eigenvalue weighted by Gasteiger charge is 1.91. The summed E-state index contributed by atoms with van der Waals surface area (Å²) in [5, 5.41) is 6.29. The van der Waals surface area contributed by atoms with E-state index in [-0.39, 0.29) is 0 Å². The third-order valence-corrected chi connectivity index (χ3v) is 3.88. The highest BCUT2D eigenvalue weighted by atomic mass is 16.1. The van der Waals surface area contributed by atoms with Gasteiger partial charge in [-0.25, -0.2) is 0 Å². The molecule has 4 nitrogen and oxygen atoms in total. The van der Waals surface area contributed by atoms with Crippen LogP contribution >= 0.6 is 0 Å². The molecule has 0 unspecified atom stereocenters. The predicted octanol–water partition coefficient (Wildman–Crippen LogP) is 4.56. The van der Waals surface area contributed by atoms with E-state index in [1.54, 1.807) is 0 Å². The third-order valence-electron chi connectivity index (χ3n) is 3.88. The monoisotopic (exact) mass is 382 g/mol. The quantitative estimate of drug-likeness (QED) is 0.468. The Morgan fingerprint density at radius 1 is 0.786 bits per heavy atom. The van der Waals surface area contributed by atoms with Crippen molar-refractivity contribution in [2.45, 2.75) is 38.6 Å². The van der Waals surface area contributed by atoms with Gasteiger partial charge < -0.3 is 15.4 Å². The minimum Gasteiger partial charge on any atom is -0.320 e. The average Bonchev–Trinajstić information content (AvgIpc) is 2.74. The Bertz CT molecular complexity index is 601. The minimum absolute atomic E-state index is 0.529. The van der Waals surface area contributed by atoms with Crippen LogP contribution in [0.15, 0.2) is 60.7 Å². The van der Waals surface area contributed by atoms with Gasteiger partial charge in [-0.2, -0.15) is 0 Å². The van der Waals surface area contributed by atoms with Gasteiger partial charge in [-0.3, -0.25) is 0 Å². The molecule has 0 aliphatic rings. The van der Waals surface area contributed by atoms with Crippen LogP contribution < -0.4 is 10.6 Å². The molecule has 0 bridgehead atoms. The molecular weight excluding hydrogens is 346 g/mol. The van der Waals surface area contributed by atoms with Crippen LogP contribution in [0, 0.1) is 6.57 Å². The fourth-order valence-electron chi connectivity index (χ4n) is 2.36. The second kappa shape index (κ2) is 20.8. The zero-order chi connectivity index (χ0) is 20.7. The first-order valence-corrected chi connectivity index (χ1v) is 9.95. The Labute approximate surface area is 171 Å².